The number of pyridine rings is 1. The van der Waals surface area contributed by atoms with Gasteiger partial charge in [-0.1, -0.05) is 48.5 Å². The molecule has 0 aliphatic heterocycles. The number of anilines is 1. The van der Waals surface area contributed by atoms with Gasteiger partial charge in [0.1, 0.15) is 5.75 Å². The molecular formula is C26H23N3O3. The number of hydrogen-bond acceptors (Lipinski definition) is 4. The van der Waals surface area contributed by atoms with E-state index in [0.29, 0.717) is 23.5 Å². The third-order valence-corrected chi connectivity index (χ3v) is 5.01. The lowest BCUT2D eigenvalue weighted by Gasteiger charge is -2.17. The molecule has 6 heteroatoms. The number of benzene rings is 3. The van der Waals surface area contributed by atoms with Gasteiger partial charge in [0.2, 0.25) is 0 Å². The zero-order chi connectivity index (χ0) is 22.3. The van der Waals surface area contributed by atoms with Gasteiger partial charge in [-0.15, -0.1) is 0 Å². The number of carbonyl (C=O) groups is 2. The standard InChI is InChI=1S/C26H23N3O3/c1-18(32-22-13-12-20-8-2-3-9-21(20)15-22)25(30)29-24-11-5-4-10-23(24)26(31)28-17-19-7-6-14-27-16-19/h2-16,18H,17H2,1H3,(H,28,31)(H,29,30)/t18-/m0/s1. The van der Waals surface area contributed by atoms with Gasteiger partial charge >= 0.3 is 0 Å². The fourth-order valence-electron chi connectivity index (χ4n) is 3.30. The highest BCUT2D eigenvalue weighted by Gasteiger charge is 2.18. The molecule has 2 N–H and O–H groups in total. The molecule has 0 unspecified atom stereocenters. The third kappa shape index (κ3) is 5.10. The molecule has 4 aromatic rings. The van der Waals surface area contributed by atoms with Crippen molar-refractivity contribution in [1.82, 2.24) is 10.3 Å². The Morgan fingerprint density at radius 2 is 1.72 bits per heavy atom. The first-order chi connectivity index (χ1) is 15.6. The summed E-state index contributed by atoms with van der Waals surface area (Å²) in [6.45, 7) is 2.02. The Labute approximate surface area is 186 Å². The van der Waals surface area contributed by atoms with Crippen LogP contribution in [0.1, 0.15) is 22.8 Å². The molecule has 2 amide bonds. The zero-order valence-electron chi connectivity index (χ0n) is 17.6. The summed E-state index contributed by atoms with van der Waals surface area (Å²) in [5.41, 5.74) is 1.69. The molecule has 0 bridgehead atoms. The number of nitrogens with one attached hydrogen (secondary N) is 2. The normalized spacial score (nSPS) is 11.5. The minimum Gasteiger partial charge on any atom is -0.481 e. The Kier molecular flexibility index (Phi) is 6.41. The molecule has 3 aromatic carbocycles. The molecule has 0 saturated heterocycles. The van der Waals surface area contributed by atoms with Gasteiger partial charge in [-0.05, 0) is 53.6 Å². The van der Waals surface area contributed by atoms with Crippen molar-refractivity contribution in [2.45, 2.75) is 19.6 Å². The smallest absolute Gasteiger partial charge is 0.265 e. The van der Waals surface area contributed by atoms with Gasteiger partial charge in [0.25, 0.3) is 11.8 Å². The maximum absolute atomic E-state index is 12.8. The summed E-state index contributed by atoms with van der Waals surface area (Å²) in [7, 11) is 0. The second-order valence-corrected chi connectivity index (χ2v) is 7.35. The van der Waals surface area contributed by atoms with Gasteiger partial charge in [-0.2, -0.15) is 0 Å². The SMILES string of the molecule is C[C@H](Oc1ccc2ccccc2c1)C(=O)Nc1ccccc1C(=O)NCc1cccnc1. The summed E-state index contributed by atoms with van der Waals surface area (Å²) in [6.07, 6.45) is 2.62. The van der Waals surface area contributed by atoms with Crippen LogP contribution < -0.4 is 15.4 Å². The molecule has 0 aliphatic rings. The molecule has 0 aliphatic carbocycles. The van der Waals surface area contributed by atoms with Crippen LogP contribution in [0.15, 0.2) is 91.3 Å². The van der Waals surface area contributed by atoms with Crippen LogP contribution >= 0.6 is 0 Å². The quantitative estimate of drug-likeness (QED) is 0.455. The highest BCUT2D eigenvalue weighted by molar-refractivity contribution is 6.04. The number of carbonyl (C=O) groups excluding carboxylic acids is 2. The summed E-state index contributed by atoms with van der Waals surface area (Å²) in [4.78, 5) is 29.5. The molecule has 0 saturated carbocycles. The van der Waals surface area contributed by atoms with Gasteiger partial charge < -0.3 is 15.4 Å². The fourth-order valence-corrected chi connectivity index (χ4v) is 3.30. The fraction of sp³-hybridized carbons (Fsp3) is 0.115. The Morgan fingerprint density at radius 3 is 2.53 bits per heavy atom. The van der Waals surface area contributed by atoms with Gasteiger partial charge in [-0.25, -0.2) is 0 Å². The predicted octanol–water partition coefficient (Wildman–Crippen LogP) is 4.57. The molecule has 32 heavy (non-hydrogen) atoms. The van der Waals surface area contributed by atoms with Gasteiger partial charge in [-0.3, -0.25) is 14.6 Å². The van der Waals surface area contributed by atoms with Crippen LogP contribution in [0.3, 0.4) is 0 Å². The first-order valence-electron chi connectivity index (χ1n) is 10.3. The average Bonchev–Trinajstić information content (AvgIpc) is 2.83. The van der Waals surface area contributed by atoms with Crippen LogP contribution in [0, 0.1) is 0 Å². The Balaban J connectivity index is 1.41. The van der Waals surface area contributed by atoms with Crippen molar-refractivity contribution in [1.29, 1.82) is 0 Å². The minimum absolute atomic E-state index is 0.284. The van der Waals surface area contributed by atoms with E-state index in [1.165, 1.54) is 0 Å². The highest BCUT2D eigenvalue weighted by atomic mass is 16.5. The highest BCUT2D eigenvalue weighted by Crippen LogP contribution is 2.22. The third-order valence-electron chi connectivity index (χ3n) is 5.01. The first kappa shape index (κ1) is 21.1. The molecule has 6 nitrogen and oxygen atoms in total. The van der Waals surface area contributed by atoms with E-state index in [4.69, 9.17) is 4.74 Å². The van der Waals surface area contributed by atoms with Crippen LogP contribution in [0.2, 0.25) is 0 Å². The summed E-state index contributed by atoms with van der Waals surface area (Å²) in [5.74, 6) is -0.0210. The number of hydrogen-bond donors (Lipinski definition) is 2. The molecule has 4 rings (SSSR count). The molecule has 0 radical (unpaired) electrons. The van der Waals surface area contributed by atoms with E-state index in [2.05, 4.69) is 15.6 Å². The second kappa shape index (κ2) is 9.75. The van der Waals surface area contributed by atoms with Crippen molar-refractivity contribution in [3.05, 3.63) is 102 Å². The van der Waals surface area contributed by atoms with Gasteiger partial charge in [0, 0.05) is 18.9 Å². The lowest BCUT2D eigenvalue weighted by molar-refractivity contribution is -0.122. The molecule has 1 atom stereocenters. The Morgan fingerprint density at radius 1 is 0.938 bits per heavy atom. The second-order valence-electron chi connectivity index (χ2n) is 7.35. The number of rotatable bonds is 7. The van der Waals surface area contributed by atoms with E-state index in [9.17, 15) is 9.59 Å². The summed E-state index contributed by atoms with van der Waals surface area (Å²) >= 11 is 0. The van der Waals surface area contributed by atoms with Gasteiger partial charge in [0.05, 0.1) is 11.3 Å². The minimum atomic E-state index is -0.748. The van der Waals surface area contributed by atoms with Crippen LogP contribution in [0.5, 0.6) is 5.75 Å². The van der Waals surface area contributed by atoms with E-state index in [-0.39, 0.29) is 11.8 Å². The Bertz CT molecular complexity index is 1240. The van der Waals surface area contributed by atoms with Gasteiger partial charge in [0.15, 0.2) is 6.10 Å². The molecule has 1 aromatic heterocycles. The number of amides is 2. The van der Waals surface area contributed by atoms with Crippen molar-refractivity contribution in [2.75, 3.05) is 5.32 Å². The van der Waals surface area contributed by atoms with E-state index in [1.54, 1.807) is 43.6 Å². The molecule has 1 heterocycles. The van der Waals surface area contributed by atoms with E-state index in [0.717, 1.165) is 16.3 Å². The van der Waals surface area contributed by atoms with E-state index >= 15 is 0 Å². The predicted molar refractivity (Wildman–Crippen MR) is 125 cm³/mol. The molecular weight excluding hydrogens is 402 g/mol. The lowest BCUT2D eigenvalue weighted by Crippen LogP contribution is -2.31. The maximum atomic E-state index is 12.8. The summed E-state index contributed by atoms with van der Waals surface area (Å²) in [5, 5.41) is 7.80. The number of fused-ring (bicyclic) bond motifs is 1. The summed E-state index contributed by atoms with van der Waals surface area (Å²) in [6, 6.07) is 24.2. The van der Waals surface area contributed by atoms with Crippen molar-refractivity contribution in [3.8, 4) is 5.75 Å². The van der Waals surface area contributed by atoms with Crippen molar-refractivity contribution >= 4 is 28.3 Å². The van der Waals surface area contributed by atoms with Crippen molar-refractivity contribution in [3.63, 3.8) is 0 Å². The van der Waals surface area contributed by atoms with Crippen LogP contribution in [-0.2, 0) is 11.3 Å². The lowest BCUT2D eigenvalue weighted by atomic mass is 10.1. The zero-order valence-corrected chi connectivity index (χ0v) is 17.6. The molecule has 160 valence electrons. The van der Waals surface area contributed by atoms with Crippen molar-refractivity contribution in [2.24, 2.45) is 0 Å². The van der Waals surface area contributed by atoms with Crippen LogP contribution in [0.4, 0.5) is 5.69 Å². The van der Waals surface area contributed by atoms with E-state index in [1.807, 2.05) is 54.6 Å². The molecule has 0 spiro atoms. The number of ether oxygens (including phenoxy) is 1. The number of aromatic nitrogens is 1. The monoisotopic (exact) mass is 425 g/mol. The average molecular weight is 425 g/mol. The number of para-hydroxylation sites is 1. The largest absolute Gasteiger partial charge is 0.481 e. The summed E-state index contributed by atoms with van der Waals surface area (Å²) < 4.78 is 5.84. The van der Waals surface area contributed by atoms with E-state index < -0.39 is 6.10 Å². The number of nitrogens with zero attached hydrogens (tertiary/aromatic N) is 1. The van der Waals surface area contributed by atoms with Crippen LogP contribution in [-0.4, -0.2) is 22.9 Å². The van der Waals surface area contributed by atoms with Crippen molar-refractivity contribution < 1.29 is 14.3 Å². The first-order valence-corrected chi connectivity index (χ1v) is 10.3. The topological polar surface area (TPSA) is 80.3 Å². The maximum Gasteiger partial charge on any atom is 0.265 e. The molecule has 0 fully saturated rings. The Hall–Kier alpha value is -4.19. The van der Waals surface area contributed by atoms with Crippen LogP contribution in [0.25, 0.3) is 10.8 Å².